The third-order valence-electron chi connectivity index (χ3n) is 5.15. The fraction of sp³-hybridized carbons (Fsp3) is 0.333. The van der Waals surface area contributed by atoms with E-state index >= 15 is 0 Å². The van der Waals surface area contributed by atoms with Crippen molar-refractivity contribution in [2.24, 2.45) is 0 Å². The van der Waals surface area contributed by atoms with E-state index in [1.54, 1.807) is 0 Å². The Labute approximate surface area is 158 Å². The van der Waals surface area contributed by atoms with Crippen LogP contribution < -0.4 is 0 Å². The zero-order valence-corrected chi connectivity index (χ0v) is 15.6. The Morgan fingerprint density at radius 3 is 2.85 bits per heavy atom. The lowest BCUT2D eigenvalue weighted by Crippen LogP contribution is -2.30. The van der Waals surface area contributed by atoms with Crippen LogP contribution in [0.2, 0.25) is 5.02 Å². The quantitative estimate of drug-likeness (QED) is 0.693. The number of nitrogens with one attached hydrogen (secondary N) is 1. The molecule has 1 aliphatic rings. The fourth-order valence-electron chi connectivity index (χ4n) is 3.84. The van der Waals surface area contributed by atoms with Crippen LogP contribution in [0.4, 0.5) is 0 Å². The molecule has 0 aliphatic carbocycles. The number of benzene rings is 2. The zero-order chi connectivity index (χ0) is 18.1. The third-order valence-corrected chi connectivity index (χ3v) is 5.40. The summed E-state index contributed by atoms with van der Waals surface area (Å²) in [4.78, 5) is 15.2. The van der Waals surface area contributed by atoms with E-state index in [0.29, 0.717) is 0 Å². The molecule has 1 aromatic heterocycles. The number of fused-ring (bicyclic) bond motifs is 1. The fourth-order valence-corrected chi connectivity index (χ4v) is 3.97. The monoisotopic (exact) mass is 367 g/mol. The highest BCUT2D eigenvalue weighted by molar-refractivity contribution is 6.30. The van der Waals surface area contributed by atoms with Crippen molar-refractivity contribution in [1.29, 1.82) is 0 Å². The highest BCUT2D eigenvalue weighted by atomic mass is 35.5. The molecule has 1 aliphatic heterocycles. The molecule has 1 unspecified atom stereocenters. The number of hydrogen-bond donors (Lipinski definition) is 1. The Hall–Kier alpha value is -2.33. The summed E-state index contributed by atoms with van der Waals surface area (Å²) in [6.45, 7) is 2.93. The molecule has 1 fully saturated rings. The SMILES string of the molecule is CCCc1[nH]nc2ccc(C(=O)N3CCCC3c3ccc(Cl)cc3)cc12. The van der Waals surface area contributed by atoms with E-state index in [2.05, 4.69) is 17.1 Å². The smallest absolute Gasteiger partial charge is 0.254 e. The van der Waals surface area contributed by atoms with Crippen molar-refractivity contribution in [3.8, 4) is 0 Å². The first-order chi connectivity index (χ1) is 12.7. The number of hydrogen-bond acceptors (Lipinski definition) is 2. The van der Waals surface area contributed by atoms with Crippen LogP contribution in [0.25, 0.3) is 10.9 Å². The van der Waals surface area contributed by atoms with Gasteiger partial charge in [-0.25, -0.2) is 0 Å². The predicted molar refractivity (Wildman–Crippen MR) is 105 cm³/mol. The van der Waals surface area contributed by atoms with Crippen LogP contribution in [0.5, 0.6) is 0 Å². The van der Waals surface area contributed by atoms with E-state index in [-0.39, 0.29) is 11.9 Å². The number of aromatic nitrogens is 2. The van der Waals surface area contributed by atoms with E-state index in [1.165, 1.54) is 0 Å². The number of aryl methyl sites for hydroxylation is 1. The van der Waals surface area contributed by atoms with E-state index in [0.717, 1.165) is 65.0 Å². The van der Waals surface area contributed by atoms with Gasteiger partial charge in [-0.05, 0) is 55.2 Å². The molecule has 134 valence electrons. The summed E-state index contributed by atoms with van der Waals surface area (Å²) in [5.74, 6) is 0.0907. The molecule has 3 aromatic rings. The summed E-state index contributed by atoms with van der Waals surface area (Å²) in [5.41, 5.74) is 3.90. The first-order valence-corrected chi connectivity index (χ1v) is 9.58. The third kappa shape index (κ3) is 3.10. The van der Waals surface area contributed by atoms with E-state index in [9.17, 15) is 4.79 Å². The largest absolute Gasteiger partial charge is 0.332 e. The van der Waals surface area contributed by atoms with Gasteiger partial charge in [0.25, 0.3) is 5.91 Å². The molecule has 1 saturated heterocycles. The van der Waals surface area contributed by atoms with Crippen LogP contribution in [0.3, 0.4) is 0 Å². The van der Waals surface area contributed by atoms with Crippen molar-refractivity contribution in [2.45, 2.75) is 38.6 Å². The molecule has 4 nitrogen and oxygen atoms in total. The Morgan fingerprint density at radius 1 is 1.27 bits per heavy atom. The lowest BCUT2D eigenvalue weighted by atomic mass is 10.0. The second-order valence-electron chi connectivity index (χ2n) is 6.89. The van der Waals surface area contributed by atoms with Gasteiger partial charge in [0.2, 0.25) is 0 Å². The van der Waals surface area contributed by atoms with Crippen LogP contribution in [0, 0.1) is 0 Å². The van der Waals surface area contributed by atoms with Crippen LogP contribution in [0.1, 0.15) is 53.8 Å². The first-order valence-electron chi connectivity index (χ1n) is 9.21. The minimum atomic E-state index is 0.0907. The van der Waals surface area contributed by atoms with Gasteiger partial charge in [0.15, 0.2) is 0 Å². The van der Waals surface area contributed by atoms with Crippen LogP contribution in [-0.2, 0) is 6.42 Å². The molecule has 1 atom stereocenters. The predicted octanol–water partition coefficient (Wildman–Crippen LogP) is 5.15. The minimum Gasteiger partial charge on any atom is -0.332 e. The first kappa shape index (κ1) is 17.1. The Kier molecular flexibility index (Phi) is 4.68. The molecule has 26 heavy (non-hydrogen) atoms. The number of carbonyl (C=O) groups excluding carboxylic acids is 1. The summed E-state index contributed by atoms with van der Waals surface area (Å²) in [6.07, 6.45) is 3.99. The van der Waals surface area contributed by atoms with Crippen LogP contribution >= 0.6 is 11.6 Å². The molecule has 4 rings (SSSR count). The average Bonchev–Trinajstić information content (AvgIpc) is 3.29. The van der Waals surface area contributed by atoms with Crippen LogP contribution in [-0.4, -0.2) is 27.5 Å². The topological polar surface area (TPSA) is 49.0 Å². The number of likely N-dealkylation sites (tertiary alicyclic amines) is 1. The summed E-state index contributed by atoms with van der Waals surface area (Å²) in [6, 6.07) is 13.8. The molecular formula is C21H22ClN3O. The highest BCUT2D eigenvalue weighted by Gasteiger charge is 2.30. The standard InChI is InChI=1S/C21H22ClN3O/c1-2-4-18-17-13-15(8-11-19(17)24-23-18)21(26)25-12-3-5-20(25)14-6-9-16(22)10-7-14/h6-11,13,20H,2-5,12H2,1H3,(H,23,24). The van der Waals surface area contributed by atoms with Gasteiger partial charge in [0, 0.05) is 28.2 Å². The van der Waals surface area contributed by atoms with Gasteiger partial charge in [-0.3, -0.25) is 9.89 Å². The second kappa shape index (κ2) is 7.12. The van der Waals surface area contributed by atoms with Gasteiger partial charge in [-0.1, -0.05) is 37.1 Å². The van der Waals surface area contributed by atoms with Crippen molar-refractivity contribution in [3.63, 3.8) is 0 Å². The molecule has 2 aromatic carbocycles. The maximum Gasteiger partial charge on any atom is 0.254 e. The van der Waals surface area contributed by atoms with Crippen molar-refractivity contribution in [1.82, 2.24) is 15.1 Å². The molecule has 2 heterocycles. The number of amides is 1. The maximum absolute atomic E-state index is 13.2. The summed E-state index contributed by atoms with van der Waals surface area (Å²) in [5, 5.41) is 9.22. The Morgan fingerprint density at radius 2 is 2.08 bits per heavy atom. The second-order valence-corrected chi connectivity index (χ2v) is 7.33. The summed E-state index contributed by atoms with van der Waals surface area (Å²) >= 11 is 6.01. The van der Waals surface area contributed by atoms with Gasteiger partial charge < -0.3 is 4.90 Å². The lowest BCUT2D eigenvalue weighted by molar-refractivity contribution is 0.0736. The summed E-state index contributed by atoms with van der Waals surface area (Å²) < 4.78 is 0. The van der Waals surface area contributed by atoms with Crippen LogP contribution in [0.15, 0.2) is 42.5 Å². The number of carbonyl (C=O) groups is 1. The van der Waals surface area contributed by atoms with Gasteiger partial charge in [-0.2, -0.15) is 5.10 Å². The van der Waals surface area contributed by atoms with Gasteiger partial charge >= 0.3 is 0 Å². The molecule has 0 bridgehead atoms. The van der Waals surface area contributed by atoms with Gasteiger partial charge in [0.1, 0.15) is 0 Å². The van der Waals surface area contributed by atoms with Crippen molar-refractivity contribution in [2.75, 3.05) is 6.54 Å². The molecular weight excluding hydrogens is 346 g/mol. The molecule has 1 amide bonds. The molecule has 0 spiro atoms. The number of rotatable bonds is 4. The molecule has 0 radical (unpaired) electrons. The number of halogens is 1. The number of aromatic amines is 1. The average molecular weight is 368 g/mol. The maximum atomic E-state index is 13.2. The normalized spacial score (nSPS) is 17.2. The number of H-pyrrole nitrogens is 1. The lowest BCUT2D eigenvalue weighted by Gasteiger charge is -2.25. The Balaban J connectivity index is 1.64. The zero-order valence-electron chi connectivity index (χ0n) is 14.8. The van der Waals surface area contributed by atoms with Crippen molar-refractivity contribution >= 4 is 28.4 Å². The Bertz CT molecular complexity index is 932. The van der Waals surface area contributed by atoms with Gasteiger partial charge in [-0.15, -0.1) is 0 Å². The molecule has 1 N–H and O–H groups in total. The van der Waals surface area contributed by atoms with E-state index in [1.807, 2.05) is 47.4 Å². The summed E-state index contributed by atoms with van der Waals surface area (Å²) in [7, 11) is 0. The van der Waals surface area contributed by atoms with E-state index < -0.39 is 0 Å². The van der Waals surface area contributed by atoms with Gasteiger partial charge in [0.05, 0.1) is 11.6 Å². The highest BCUT2D eigenvalue weighted by Crippen LogP contribution is 2.34. The number of nitrogens with zero attached hydrogens (tertiary/aromatic N) is 2. The van der Waals surface area contributed by atoms with Crippen molar-refractivity contribution in [3.05, 3.63) is 64.3 Å². The molecule has 5 heteroatoms. The minimum absolute atomic E-state index is 0.0907. The molecule has 0 saturated carbocycles. The van der Waals surface area contributed by atoms with Crippen molar-refractivity contribution < 1.29 is 4.79 Å². The van der Waals surface area contributed by atoms with E-state index in [4.69, 9.17) is 11.6 Å².